The predicted octanol–water partition coefficient (Wildman–Crippen LogP) is 1.86. The van der Waals surface area contributed by atoms with Gasteiger partial charge < -0.3 is 10.1 Å². The summed E-state index contributed by atoms with van der Waals surface area (Å²) in [6.07, 6.45) is 9.01. The molecule has 0 aliphatic heterocycles. The van der Waals surface area contributed by atoms with Crippen molar-refractivity contribution < 1.29 is 9.90 Å². The maximum Gasteiger partial charge on any atom is 0.303 e. The SMILES string of the molecule is O=C(O)CCc1nc2c([nH]1)CCC=CCC2. The van der Waals surface area contributed by atoms with E-state index in [-0.39, 0.29) is 6.42 Å². The molecule has 4 heteroatoms. The largest absolute Gasteiger partial charge is 0.481 e. The van der Waals surface area contributed by atoms with E-state index in [1.54, 1.807) is 0 Å². The van der Waals surface area contributed by atoms with E-state index in [1.807, 2.05) is 0 Å². The number of rotatable bonds is 3. The van der Waals surface area contributed by atoms with Gasteiger partial charge in [0, 0.05) is 12.1 Å². The Morgan fingerprint density at radius 1 is 1.38 bits per heavy atom. The highest BCUT2D eigenvalue weighted by molar-refractivity contribution is 5.66. The summed E-state index contributed by atoms with van der Waals surface area (Å²) >= 11 is 0. The molecule has 0 atom stereocenters. The molecule has 1 aliphatic rings. The van der Waals surface area contributed by atoms with Crippen LogP contribution in [0.25, 0.3) is 0 Å². The van der Waals surface area contributed by atoms with Crippen molar-refractivity contribution in [3.05, 3.63) is 29.4 Å². The van der Waals surface area contributed by atoms with E-state index >= 15 is 0 Å². The van der Waals surface area contributed by atoms with Crippen LogP contribution in [0.15, 0.2) is 12.2 Å². The van der Waals surface area contributed by atoms with Crippen molar-refractivity contribution in [2.45, 2.75) is 38.5 Å². The first kappa shape index (κ1) is 10.9. The Morgan fingerprint density at radius 2 is 2.12 bits per heavy atom. The molecule has 0 spiro atoms. The lowest BCUT2D eigenvalue weighted by Gasteiger charge is -2.02. The van der Waals surface area contributed by atoms with Gasteiger partial charge in [0.25, 0.3) is 0 Å². The maximum atomic E-state index is 10.5. The van der Waals surface area contributed by atoms with Crippen molar-refractivity contribution in [2.75, 3.05) is 0 Å². The summed E-state index contributed by atoms with van der Waals surface area (Å²) < 4.78 is 0. The van der Waals surface area contributed by atoms with Crippen LogP contribution >= 0.6 is 0 Å². The summed E-state index contributed by atoms with van der Waals surface area (Å²) in [5.74, 6) is 0.0415. The van der Waals surface area contributed by atoms with E-state index in [1.165, 1.54) is 5.69 Å². The summed E-state index contributed by atoms with van der Waals surface area (Å²) in [7, 11) is 0. The molecule has 0 unspecified atom stereocenters. The lowest BCUT2D eigenvalue weighted by molar-refractivity contribution is -0.137. The van der Waals surface area contributed by atoms with Gasteiger partial charge in [-0.05, 0) is 25.7 Å². The Bertz CT molecular complexity index is 380. The van der Waals surface area contributed by atoms with Crippen LogP contribution in [-0.2, 0) is 24.1 Å². The molecule has 4 nitrogen and oxygen atoms in total. The van der Waals surface area contributed by atoms with Crippen LogP contribution in [0.4, 0.5) is 0 Å². The zero-order valence-electron chi connectivity index (χ0n) is 9.20. The Morgan fingerprint density at radius 3 is 2.88 bits per heavy atom. The average Bonchev–Trinajstić information content (AvgIpc) is 2.57. The van der Waals surface area contributed by atoms with Crippen molar-refractivity contribution in [1.82, 2.24) is 9.97 Å². The van der Waals surface area contributed by atoms with E-state index in [9.17, 15) is 4.79 Å². The second-order valence-corrected chi connectivity index (χ2v) is 4.05. The number of nitrogens with one attached hydrogen (secondary N) is 1. The fraction of sp³-hybridized carbons (Fsp3) is 0.500. The van der Waals surface area contributed by atoms with Gasteiger partial charge >= 0.3 is 5.97 Å². The number of hydrogen-bond acceptors (Lipinski definition) is 2. The molecule has 0 fully saturated rings. The van der Waals surface area contributed by atoms with E-state index in [2.05, 4.69) is 22.1 Å². The van der Waals surface area contributed by atoms with E-state index in [4.69, 9.17) is 5.11 Å². The van der Waals surface area contributed by atoms with Gasteiger partial charge in [0.2, 0.25) is 0 Å². The highest BCUT2D eigenvalue weighted by Crippen LogP contribution is 2.15. The van der Waals surface area contributed by atoms with Gasteiger partial charge in [0.05, 0.1) is 12.1 Å². The van der Waals surface area contributed by atoms with Crippen molar-refractivity contribution in [3.63, 3.8) is 0 Å². The number of carboxylic acids is 1. The summed E-state index contributed by atoms with van der Waals surface area (Å²) in [5.41, 5.74) is 2.30. The second kappa shape index (κ2) is 4.96. The number of aryl methyl sites for hydroxylation is 3. The van der Waals surface area contributed by atoms with Gasteiger partial charge in [-0.15, -0.1) is 0 Å². The summed E-state index contributed by atoms with van der Waals surface area (Å²) in [5, 5.41) is 8.62. The Hall–Kier alpha value is -1.58. The van der Waals surface area contributed by atoms with Crippen LogP contribution in [0, 0.1) is 0 Å². The third-order valence-corrected chi connectivity index (χ3v) is 2.76. The quantitative estimate of drug-likeness (QED) is 0.764. The number of carbonyl (C=O) groups is 1. The monoisotopic (exact) mass is 220 g/mol. The van der Waals surface area contributed by atoms with E-state index < -0.39 is 5.97 Å². The molecule has 16 heavy (non-hydrogen) atoms. The number of aliphatic carboxylic acids is 1. The molecule has 0 amide bonds. The minimum atomic E-state index is -0.773. The van der Waals surface area contributed by atoms with Crippen LogP contribution < -0.4 is 0 Å². The number of hydrogen-bond donors (Lipinski definition) is 2. The summed E-state index contributed by atoms with van der Waals surface area (Å²) in [4.78, 5) is 18.2. The van der Waals surface area contributed by atoms with Gasteiger partial charge in [-0.3, -0.25) is 4.79 Å². The van der Waals surface area contributed by atoms with E-state index in [0.717, 1.165) is 37.2 Å². The molecule has 2 N–H and O–H groups in total. The predicted molar refractivity (Wildman–Crippen MR) is 60.3 cm³/mol. The Balaban J connectivity index is 2.06. The topological polar surface area (TPSA) is 66.0 Å². The molecule has 0 saturated carbocycles. The normalized spacial score (nSPS) is 15.2. The first-order valence-corrected chi connectivity index (χ1v) is 5.69. The number of imidazole rings is 1. The van der Waals surface area contributed by atoms with Crippen LogP contribution in [0.5, 0.6) is 0 Å². The molecule has 1 heterocycles. The van der Waals surface area contributed by atoms with Gasteiger partial charge in [0.15, 0.2) is 0 Å². The second-order valence-electron chi connectivity index (χ2n) is 4.05. The highest BCUT2D eigenvalue weighted by atomic mass is 16.4. The Kier molecular flexibility index (Phi) is 3.39. The van der Waals surface area contributed by atoms with Gasteiger partial charge in [-0.1, -0.05) is 12.2 Å². The molecule has 1 aromatic heterocycles. The lowest BCUT2D eigenvalue weighted by atomic mass is 10.1. The molecule has 1 aliphatic carbocycles. The number of aromatic amines is 1. The summed E-state index contributed by atoms with van der Waals surface area (Å²) in [6, 6.07) is 0. The fourth-order valence-electron chi connectivity index (χ4n) is 1.95. The van der Waals surface area contributed by atoms with Crippen LogP contribution in [0.1, 0.15) is 36.5 Å². The third kappa shape index (κ3) is 2.72. The molecular weight excluding hydrogens is 204 g/mol. The van der Waals surface area contributed by atoms with Crippen molar-refractivity contribution in [1.29, 1.82) is 0 Å². The highest BCUT2D eigenvalue weighted by Gasteiger charge is 2.11. The van der Waals surface area contributed by atoms with Crippen LogP contribution in [0.2, 0.25) is 0 Å². The molecule has 0 saturated heterocycles. The zero-order chi connectivity index (χ0) is 11.4. The molecule has 0 radical (unpaired) electrons. The lowest BCUT2D eigenvalue weighted by Crippen LogP contribution is -1.98. The molecule has 86 valence electrons. The minimum absolute atomic E-state index is 0.143. The van der Waals surface area contributed by atoms with E-state index in [0.29, 0.717) is 6.42 Å². The molecule has 0 bridgehead atoms. The number of fused-ring (bicyclic) bond motifs is 1. The number of H-pyrrole nitrogens is 1. The minimum Gasteiger partial charge on any atom is -0.481 e. The molecule has 1 aromatic rings. The van der Waals surface area contributed by atoms with Crippen LogP contribution in [-0.4, -0.2) is 21.0 Å². The van der Waals surface area contributed by atoms with Gasteiger partial charge in [-0.25, -0.2) is 4.98 Å². The van der Waals surface area contributed by atoms with Crippen LogP contribution in [0.3, 0.4) is 0 Å². The number of allylic oxidation sites excluding steroid dienone is 2. The smallest absolute Gasteiger partial charge is 0.303 e. The number of nitrogens with zero attached hydrogens (tertiary/aromatic N) is 1. The number of aromatic nitrogens is 2. The van der Waals surface area contributed by atoms with Crippen molar-refractivity contribution in [3.8, 4) is 0 Å². The average molecular weight is 220 g/mol. The standard InChI is InChI=1S/C12H16N2O2/c15-12(16)8-7-11-13-9-5-3-1-2-4-6-10(9)14-11/h1-2H,3-8H2,(H,13,14)(H,15,16). The zero-order valence-corrected chi connectivity index (χ0v) is 9.20. The fourth-order valence-corrected chi connectivity index (χ4v) is 1.95. The van der Waals surface area contributed by atoms with Crippen molar-refractivity contribution in [2.24, 2.45) is 0 Å². The molecular formula is C12H16N2O2. The first-order valence-electron chi connectivity index (χ1n) is 5.69. The first-order chi connectivity index (χ1) is 7.75. The molecule has 2 rings (SSSR count). The number of carboxylic acid groups (broad SMARTS) is 1. The van der Waals surface area contributed by atoms with Gasteiger partial charge in [0.1, 0.15) is 5.82 Å². The summed E-state index contributed by atoms with van der Waals surface area (Å²) in [6.45, 7) is 0. The maximum absolute atomic E-state index is 10.5. The molecule has 0 aromatic carbocycles. The third-order valence-electron chi connectivity index (χ3n) is 2.76. The van der Waals surface area contributed by atoms with Gasteiger partial charge in [-0.2, -0.15) is 0 Å². The Labute approximate surface area is 94.4 Å². The van der Waals surface area contributed by atoms with Crippen molar-refractivity contribution >= 4 is 5.97 Å².